The van der Waals surface area contributed by atoms with Crippen LogP contribution < -0.4 is 0 Å². The van der Waals surface area contributed by atoms with Gasteiger partial charge in [-0.25, -0.2) is 0 Å². The predicted octanol–water partition coefficient (Wildman–Crippen LogP) is 5.68. The standard InChI is InChI=1S/C12H36P2Se4Si4/c1-19(2,3)15-13(16-20(4,5)6)14(17-21(7,8)9)18-22(10,11)12/h1-12H3. The molecule has 0 aliphatic rings. The third-order valence-electron chi connectivity index (χ3n) is 1.54. The van der Waals surface area contributed by atoms with Crippen molar-refractivity contribution < 1.29 is 0 Å². The Kier molecular flexibility index (Phi) is 11.5. The van der Waals surface area contributed by atoms with Crippen LogP contribution in [0.2, 0.25) is 78.6 Å². The zero-order valence-electron chi connectivity index (χ0n) is 16.5. The molecule has 0 aromatic carbocycles. The molecule has 0 fully saturated rings. The summed E-state index contributed by atoms with van der Waals surface area (Å²) in [6, 6.07) is 0. The average Bonchev–Trinajstić information content (AvgIpc) is 2.05. The molecule has 0 saturated carbocycles. The van der Waals surface area contributed by atoms with Gasteiger partial charge in [-0.3, -0.25) is 0 Å². The number of rotatable bonds is 9. The van der Waals surface area contributed by atoms with Crippen molar-refractivity contribution in [3.8, 4) is 0 Å². The Morgan fingerprint density at radius 2 is 0.500 bits per heavy atom. The minimum absolute atomic E-state index is 0.509. The van der Waals surface area contributed by atoms with Crippen molar-refractivity contribution in [2.45, 2.75) is 78.6 Å². The van der Waals surface area contributed by atoms with Crippen molar-refractivity contribution in [1.29, 1.82) is 0 Å². The molecule has 0 rings (SSSR count). The van der Waals surface area contributed by atoms with Crippen molar-refractivity contribution >= 4 is 92.2 Å². The van der Waals surface area contributed by atoms with Crippen LogP contribution in [0.4, 0.5) is 0 Å². The second kappa shape index (κ2) is 9.84. The summed E-state index contributed by atoms with van der Waals surface area (Å²) in [5.74, 6) is 0. The topological polar surface area (TPSA) is 0 Å². The molecule has 134 valence electrons. The Morgan fingerprint density at radius 1 is 0.364 bits per heavy atom. The van der Waals surface area contributed by atoms with Crippen LogP contribution in [-0.2, 0) is 0 Å². The van der Waals surface area contributed by atoms with Crippen molar-refractivity contribution in [1.82, 2.24) is 0 Å². The first-order chi connectivity index (χ1) is 9.38. The first-order valence-corrected chi connectivity index (χ1v) is 43.9. The molecule has 0 unspecified atom stereocenters. The summed E-state index contributed by atoms with van der Waals surface area (Å²) in [5.41, 5.74) is 0. The number of hydrogen-bond donors (Lipinski definition) is 0. The van der Waals surface area contributed by atoms with Crippen molar-refractivity contribution in [3.05, 3.63) is 0 Å². The third kappa shape index (κ3) is 16.0. The van der Waals surface area contributed by atoms with Gasteiger partial charge in [-0.15, -0.1) is 0 Å². The summed E-state index contributed by atoms with van der Waals surface area (Å²) < 4.78 is 0. The quantitative estimate of drug-likeness (QED) is 0.219. The van der Waals surface area contributed by atoms with Crippen LogP contribution in [-0.4, -0.2) is 82.2 Å². The van der Waals surface area contributed by atoms with Gasteiger partial charge in [0.05, 0.1) is 0 Å². The van der Waals surface area contributed by atoms with Gasteiger partial charge >= 0.3 is 171 Å². The van der Waals surface area contributed by atoms with Crippen LogP contribution in [0.15, 0.2) is 0 Å². The van der Waals surface area contributed by atoms with Crippen LogP contribution in [0.1, 0.15) is 0 Å². The number of hydrogen-bond acceptors (Lipinski definition) is 0. The molecule has 10 heteroatoms. The average molecular weight is 671 g/mol. The van der Waals surface area contributed by atoms with Gasteiger partial charge < -0.3 is 0 Å². The molecule has 0 N–H and O–H groups in total. The van der Waals surface area contributed by atoms with E-state index in [1.165, 1.54) is 0 Å². The van der Waals surface area contributed by atoms with Crippen LogP contribution in [0.5, 0.6) is 0 Å². The second-order valence-electron chi connectivity index (χ2n) is 9.29. The first-order valence-electron chi connectivity index (χ1n) is 7.75. The fraction of sp³-hybridized carbons (Fsp3) is 1.00. The summed E-state index contributed by atoms with van der Waals surface area (Å²) >= 11 is 4.27. The fourth-order valence-electron chi connectivity index (χ4n) is 1.11. The maximum atomic E-state index is 2.67. The van der Waals surface area contributed by atoms with E-state index in [4.69, 9.17) is 0 Å². The van der Waals surface area contributed by atoms with Gasteiger partial charge in [-0.2, -0.15) is 0 Å². The molecule has 0 nitrogen and oxygen atoms in total. The predicted molar refractivity (Wildman–Crippen MR) is 130 cm³/mol. The molecule has 0 aromatic rings. The van der Waals surface area contributed by atoms with Gasteiger partial charge in [0.25, 0.3) is 0 Å². The Hall–Kier alpha value is 3.81. The summed E-state index contributed by atoms with van der Waals surface area (Å²) in [6.07, 6.45) is 0. The summed E-state index contributed by atoms with van der Waals surface area (Å²) in [5, 5.41) is 0. The summed E-state index contributed by atoms with van der Waals surface area (Å²) in [4.78, 5) is 1.02. The van der Waals surface area contributed by atoms with E-state index in [-0.39, 0.29) is 0 Å². The molecule has 0 amide bonds. The normalized spacial score (nSPS) is 15.0. The molecule has 0 radical (unpaired) electrons. The summed E-state index contributed by atoms with van der Waals surface area (Å²) in [6.45, 7) is 28.6. The molecule has 0 aliphatic carbocycles. The zero-order valence-corrected chi connectivity index (χ0v) is 29.2. The van der Waals surface area contributed by atoms with Crippen molar-refractivity contribution in [2.24, 2.45) is 0 Å². The minimum atomic E-state index is -0.837. The van der Waals surface area contributed by atoms with E-state index in [1.807, 2.05) is 0 Å². The molecule has 0 atom stereocenters. The monoisotopic (exact) mass is 674 g/mol. The molecule has 0 saturated heterocycles. The molecule has 22 heavy (non-hydrogen) atoms. The van der Waals surface area contributed by atoms with E-state index in [9.17, 15) is 0 Å². The van der Waals surface area contributed by atoms with E-state index in [0.29, 0.717) is 9.98 Å². The van der Waals surface area contributed by atoms with Crippen molar-refractivity contribution in [3.63, 3.8) is 0 Å². The fourth-order valence-corrected chi connectivity index (χ4v) is 302. The molecule has 0 bridgehead atoms. The molecule has 0 aromatic heterocycles. The van der Waals surface area contributed by atoms with E-state index in [2.05, 4.69) is 78.6 Å². The Balaban J connectivity index is 5.40. The van der Waals surface area contributed by atoms with Gasteiger partial charge in [0.15, 0.2) is 0 Å². The van der Waals surface area contributed by atoms with Gasteiger partial charge in [0.2, 0.25) is 0 Å². The SMILES string of the molecule is C[Si](C)(C)[Se]P([Se][Si](C)(C)C)P([Se][Si](C)(C)C)[Se][Si](C)(C)C. The van der Waals surface area contributed by atoms with Gasteiger partial charge in [0.1, 0.15) is 0 Å². The summed E-state index contributed by atoms with van der Waals surface area (Å²) in [7, 11) is 0. The van der Waals surface area contributed by atoms with Crippen LogP contribution in [0.3, 0.4) is 0 Å². The van der Waals surface area contributed by atoms with E-state index >= 15 is 0 Å². The molecular weight excluding hydrogens is 634 g/mol. The Labute approximate surface area is 169 Å². The second-order valence-corrected chi connectivity index (χ2v) is 101. The van der Waals surface area contributed by atoms with E-state index in [0.717, 1.165) is 55.5 Å². The third-order valence-corrected chi connectivity index (χ3v) is 143. The van der Waals surface area contributed by atoms with Crippen LogP contribution >= 0.6 is 9.98 Å². The molecular formula is C12H36P2Se4Si4. The first kappa shape index (κ1) is 25.8. The molecule has 0 spiro atoms. The van der Waals surface area contributed by atoms with Crippen LogP contribution in [0, 0.1) is 0 Å². The maximum absolute atomic E-state index is 2.67. The van der Waals surface area contributed by atoms with Gasteiger partial charge in [0, 0.05) is 0 Å². The Bertz CT molecular complexity index is 279. The molecule has 0 aliphatic heterocycles. The van der Waals surface area contributed by atoms with Crippen LogP contribution in [0.25, 0.3) is 0 Å². The Morgan fingerprint density at radius 3 is 0.591 bits per heavy atom. The van der Waals surface area contributed by atoms with E-state index < -0.39 is 26.7 Å². The van der Waals surface area contributed by atoms with Gasteiger partial charge in [-0.1, -0.05) is 0 Å². The van der Waals surface area contributed by atoms with Gasteiger partial charge in [-0.05, 0) is 0 Å². The zero-order chi connectivity index (χ0) is 18.0. The van der Waals surface area contributed by atoms with E-state index in [1.54, 1.807) is 0 Å². The van der Waals surface area contributed by atoms with Crippen molar-refractivity contribution in [2.75, 3.05) is 0 Å². The molecule has 0 heterocycles.